The molecule has 5 nitrogen and oxygen atoms in total. The van der Waals surface area contributed by atoms with E-state index < -0.39 is 0 Å². The van der Waals surface area contributed by atoms with E-state index in [-0.39, 0.29) is 11.8 Å². The zero-order chi connectivity index (χ0) is 12.4. The summed E-state index contributed by atoms with van der Waals surface area (Å²) < 4.78 is 0. The Morgan fingerprint density at radius 3 is 2.53 bits per heavy atom. The first-order chi connectivity index (χ1) is 8.08. The van der Waals surface area contributed by atoms with Gasteiger partial charge in [0.25, 0.3) is 0 Å². The Bertz CT molecular complexity index is 425. The molecule has 92 valence electrons. The van der Waals surface area contributed by atoms with Crippen molar-refractivity contribution in [3.8, 4) is 0 Å². The van der Waals surface area contributed by atoms with Crippen molar-refractivity contribution in [2.45, 2.75) is 26.7 Å². The van der Waals surface area contributed by atoms with E-state index in [2.05, 4.69) is 14.9 Å². The van der Waals surface area contributed by atoms with E-state index in [1.54, 1.807) is 6.20 Å². The van der Waals surface area contributed by atoms with Crippen LogP contribution in [0, 0.1) is 19.8 Å². The van der Waals surface area contributed by atoms with Gasteiger partial charge in [-0.2, -0.15) is 0 Å². The van der Waals surface area contributed by atoms with Crippen molar-refractivity contribution in [3.63, 3.8) is 0 Å². The van der Waals surface area contributed by atoms with Crippen LogP contribution in [0.1, 0.15) is 24.2 Å². The number of nitrogens with two attached hydrogens (primary N) is 1. The van der Waals surface area contributed by atoms with Gasteiger partial charge in [0.05, 0.1) is 17.6 Å². The zero-order valence-electron chi connectivity index (χ0n) is 10.3. The van der Waals surface area contributed by atoms with Crippen LogP contribution in [0.25, 0.3) is 0 Å². The molecule has 2 heterocycles. The summed E-state index contributed by atoms with van der Waals surface area (Å²) in [6, 6.07) is 0. The van der Waals surface area contributed by atoms with Crippen LogP contribution in [0.2, 0.25) is 0 Å². The predicted octanol–water partition coefficient (Wildman–Crippen LogP) is 0.795. The van der Waals surface area contributed by atoms with Crippen LogP contribution in [0.3, 0.4) is 0 Å². The highest BCUT2D eigenvalue weighted by atomic mass is 16.1. The molecule has 0 radical (unpaired) electrons. The van der Waals surface area contributed by atoms with Crippen molar-refractivity contribution in [2.24, 2.45) is 11.7 Å². The average molecular weight is 234 g/mol. The van der Waals surface area contributed by atoms with Gasteiger partial charge in [0.1, 0.15) is 5.82 Å². The van der Waals surface area contributed by atoms with Crippen LogP contribution >= 0.6 is 0 Å². The van der Waals surface area contributed by atoms with Crippen LogP contribution in [-0.2, 0) is 4.79 Å². The highest BCUT2D eigenvalue weighted by Gasteiger charge is 2.23. The topological polar surface area (TPSA) is 72.1 Å². The Kier molecular flexibility index (Phi) is 3.26. The van der Waals surface area contributed by atoms with Crippen LogP contribution in [0.4, 0.5) is 5.82 Å². The molecule has 0 aliphatic carbocycles. The van der Waals surface area contributed by atoms with Gasteiger partial charge < -0.3 is 10.6 Å². The number of piperidine rings is 1. The van der Waals surface area contributed by atoms with Gasteiger partial charge in [0.2, 0.25) is 5.91 Å². The lowest BCUT2D eigenvalue weighted by Gasteiger charge is -2.31. The molecule has 1 fully saturated rings. The highest BCUT2D eigenvalue weighted by molar-refractivity contribution is 5.76. The number of carbonyl (C=O) groups is 1. The fraction of sp³-hybridized carbons (Fsp3) is 0.583. The summed E-state index contributed by atoms with van der Waals surface area (Å²) in [6.07, 6.45) is 3.42. The lowest BCUT2D eigenvalue weighted by molar-refractivity contribution is -0.122. The Hall–Kier alpha value is -1.65. The van der Waals surface area contributed by atoms with Gasteiger partial charge in [0, 0.05) is 19.0 Å². The van der Waals surface area contributed by atoms with E-state index in [0.29, 0.717) is 0 Å². The summed E-state index contributed by atoms with van der Waals surface area (Å²) in [7, 11) is 0. The number of aromatic nitrogens is 2. The van der Waals surface area contributed by atoms with Crippen LogP contribution in [0.5, 0.6) is 0 Å². The van der Waals surface area contributed by atoms with Crippen molar-refractivity contribution < 1.29 is 4.79 Å². The quantitative estimate of drug-likeness (QED) is 0.821. The smallest absolute Gasteiger partial charge is 0.220 e. The maximum atomic E-state index is 11.1. The molecule has 1 aromatic rings. The van der Waals surface area contributed by atoms with E-state index in [0.717, 1.165) is 43.1 Å². The molecule has 0 atom stereocenters. The fourth-order valence-electron chi connectivity index (χ4n) is 2.08. The number of anilines is 1. The minimum atomic E-state index is -0.184. The van der Waals surface area contributed by atoms with E-state index in [4.69, 9.17) is 5.73 Å². The summed E-state index contributed by atoms with van der Waals surface area (Å²) in [5.74, 6) is 0.734. The lowest BCUT2D eigenvalue weighted by Crippen LogP contribution is -2.39. The standard InChI is InChI=1S/C12H18N4O/c1-8-9(2)15-11(7-14-8)16-5-3-10(4-6-16)12(13)17/h7,10H,3-6H2,1-2H3,(H2,13,17). The first kappa shape index (κ1) is 11.8. The van der Waals surface area contributed by atoms with E-state index in [9.17, 15) is 4.79 Å². The summed E-state index contributed by atoms with van der Waals surface area (Å²) in [5.41, 5.74) is 7.23. The molecule has 0 saturated carbocycles. The normalized spacial score (nSPS) is 17.2. The van der Waals surface area contributed by atoms with Gasteiger partial charge in [0.15, 0.2) is 0 Å². The highest BCUT2D eigenvalue weighted by Crippen LogP contribution is 2.21. The molecule has 5 heteroatoms. The summed E-state index contributed by atoms with van der Waals surface area (Å²) in [4.78, 5) is 22.1. The van der Waals surface area contributed by atoms with Gasteiger partial charge in [-0.1, -0.05) is 0 Å². The van der Waals surface area contributed by atoms with Crippen molar-refractivity contribution >= 4 is 11.7 Å². The molecule has 0 unspecified atom stereocenters. The number of hydrogen-bond donors (Lipinski definition) is 1. The summed E-state index contributed by atoms with van der Waals surface area (Å²) in [5, 5.41) is 0. The molecule has 0 aromatic carbocycles. The number of carbonyl (C=O) groups excluding carboxylic acids is 1. The van der Waals surface area contributed by atoms with Gasteiger partial charge in [-0.3, -0.25) is 9.78 Å². The maximum Gasteiger partial charge on any atom is 0.220 e. The maximum absolute atomic E-state index is 11.1. The van der Waals surface area contributed by atoms with Crippen LogP contribution < -0.4 is 10.6 Å². The number of rotatable bonds is 2. The van der Waals surface area contributed by atoms with Crippen LogP contribution in [0.15, 0.2) is 6.20 Å². The predicted molar refractivity (Wildman–Crippen MR) is 65.6 cm³/mol. The molecule has 1 saturated heterocycles. The third-order valence-electron chi connectivity index (χ3n) is 3.40. The van der Waals surface area contributed by atoms with Gasteiger partial charge in [-0.25, -0.2) is 4.98 Å². The van der Waals surface area contributed by atoms with Crippen molar-refractivity contribution in [3.05, 3.63) is 17.6 Å². The van der Waals surface area contributed by atoms with Crippen molar-refractivity contribution in [2.75, 3.05) is 18.0 Å². The number of aryl methyl sites for hydroxylation is 2. The molecule has 2 N–H and O–H groups in total. The first-order valence-electron chi connectivity index (χ1n) is 5.92. The molecular formula is C12H18N4O. The van der Waals surface area contributed by atoms with Crippen LogP contribution in [-0.4, -0.2) is 29.0 Å². The Morgan fingerprint density at radius 2 is 2.00 bits per heavy atom. The Morgan fingerprint density at radius 1 is 1.35 bits per heavy atom. The fourth-order valence-corrected chi connectivity index (χ4v) is 2.08. The molecule has 1 amide bonds. The van der Waals surface area contributed by atoms with E-state index in [1.165, 1.54) is 0 Å². The minimum absolute atomic E-state index is 0.0192. The molecule has 1 aromatic heterocycles. The third-order valence-corrected chi connectivity index (χ3v) is 3.40. The molecule has 0 spiro atoms. The largest absolute Gasteiger partial charge is 0.369 e. The van der Waals surface area contributed by atoms with Crippen molar-refractivity contribution in [1.29, 1.82) is 0 Å². The Balaban J connectivity index is 2.05. The van der Waals surface area contributed by atoms with E-state index >= 15 is 0 Å². The Labute approximate surface area is 101 Å². The lowest BCUT2D eigenvalue weighted by atomic mass is 9.96. The first-order valence-corrected chi connectivity index (χ1v) is 5.92. The SMILES string of the molecule is Cc1ncc(N2CCC(C(N)=O)CC2)nc1C. The van der Waals surface area contributed by atoms with Crippen molar-refractivity contribution in [1.82, 2.24) is 9.97 Å². The van der Waals surface area contributed by atoms with Gasteiger partial charge in [-0.15, -0.1) is 0 Å². The molecule has 0 bridgehead atoms. The average Bonchev–Trinajstić information content (AvgIpc) is 2.33. The number of nitrogens with zero attached hydrogens (tertiary/aromatic N) is 3. The minimum Gasteiger partial charge on any atom is -0.369 e. The summed E-state index contributed by atoms with van der Waals surface area (Å²) >= 11 is 0. The molecule has 2 rings (SSSR count). The van der Waals surface area contributed by atoms with Gasteiger partial charge in [-0.05, 0) is 26.7 Å². The zero-order valence-corrected chi connectivity index (χ0v) is 10.3. The molecular weight excluding hydrogens is 216 g/mol. The monoisotopic (exact) mass is 234 g/mol. The summed E-state index contributed by atoms with van der Waals surface area (Å²) in [6.45, 7) is 5.56. The second-order valence-corrected chi connectivity index (χ2v) is 4.56. The van der Waals surface area contributed by atoms with E-state index in [1.807, 2.05) is 13.8 Å². The number of hydrogen-bond acceptors (Lipinski definition) is 4. The number of amides is 1. The molecule has 1 aliphatic rings. The number of primary amides is 1. The van der Waals surface area contributed by atoms with Gasteiger partial charge >= 0.3 is 0 Å². The second kappa shape index (κ2) is 4.69. The second-order valence-electron chi connectivity index (χ2n) is 4.56. The molecule has 1 aliphatic heterocycles. The molecule has 17 heavy (non-hydrogen) atoms. The third kappa shape index (κ3) is 2.54.